The predicted molar refractivity (Wildman–Crippen MR) is 133 cm³/mol. The van der Waals surface area contributed by atoms with Crippen molar-refractivity contribution >= 4 is 38.7 Å². The average molecular weight is 465 g/mol. The van der Waals surface area contributed by atoms with Crippen LogP contribution in [-0.4, -0.2) is 45.8 Å². The zero-order valence-corrected chi connectivity index (χ0v) is 20.0. The van der Waals surface area contributed by atoms with Gasteiger partial charge < -0.3 is 15.1 Å². The Bertz CT molecular complexity index is 1280. The van der Waals surface area contributed by atoms with Gasteiger partial charge in [-0.05, 0) is 48.9 Å². The van der Waals surface area contributed by atoms with Gasteiger partial charge in [0, 0.05) is 39.1 Å². The molecule has 0 aromatic heterocycles. The summed E-state index contributed by atoms with van der Waals surface area (Å²) >= 11 is 0. The van der Waals surface area contributed by atoms with Gasteiger partial charge in [0.25, 0.3) is 0 Å². The van der Waals surface area contributed by atoms with E-state index in [1.54, 1.807) is 30.1 Å². The second-order valence-corrected chi connectivity index (χ2v) is 10.5. The van der Waals surface area contributed by atoms with Crippen molar-refractivity contribution in [2.75, 3.05) is 36.3 Å². The first kappa shape index (κ1) is 22.8. The minimum absolute atomic E-state index is 0.0423. The van der Waals surface area contributed by atoms with Crippen LogP contribution in [0.5, 0.6) is 0 Å². The third kappa shape index (κ3) is 4.44. The Morgan fingerprint density at radius 2 is 1.61 bits per heavy atom. The number of anilines is 4. The molecule has 3 aromatic carbocycles. The summed E-state index contributed by atoms with van der Waals surface area (Å²) in [6, 6.07) is 22.3. The lowest BCUT2D eigenvalue weighted by molar-refractivity contribution is -0.119. The summed E-state index contributed by atoms with van der Waals surface area (Å²) in [5.74, 6) is 0.0423. The Balaban J connectivity index is 1.69. The van der Waals surface area contributed by atoms with Gasteiger partial charge >= 0.3 is 0 Å². The largest absolute Gasteiger partial charge is 0.355 e. The van der Waals surface area contributed by atoms with Crippen molar-refractivity contribution in [2.24, 2.45) is 0 Å². The molecular formula is C25H28N4O3S. The van der Waals surface area contributed by atoms with Gasteiger partial charge in [0.2, 0.25) is 15.9 Å². The summed E-state index contributed by atoms with van der Waals surface area (Å²) in [5.41, 5.74) is 4.37. The summed E-state index contributed by atoms with van der Waals surface area (Å²) in [6.45, 7) is 2.52. The molecule has 33 heavy (non-hydrogen) atoms. The quantitative estimate of drug-likeness (QED) is 0.596. The van der Waals surface area contributed by atoms with Gasteiger partial charge in [-0.1, -0.05) is 36.4 Å². The summed E-state index contributed by atoms with van der Waals surface area (Å²) < 4.78 is 26.2. The molecule has 1 atom stereocenters. The lowest BCUT2D eigenvalue weighted by Crippen LogP contribution is -2.50. The topological polar surface area (TPSA) is 73.0 Å². The van der Waals surface area contributed by atoms with Crippen molar-refractivity contribution in [3.05, 3.63) is 78.4 Å². The zero-order valence-electron chi connectivity index (χ0n) is 19.2. The molecule has 0 aliphatic carbocycles. The van der Waals surface area contributed by atoms with Gasteiger partial charge in [-0.3, -0.25) is 4.79 Å². The zero-order chi connectivity index (χ0) is 23.8. The third-order valence-electron chi connectivity index (χ3n) is 5.90. The molecule has 0 fully saturated rings. The normalized spacial score (nSPS) is 16.2. The molecule has 172 valence electrons. The molecule has 0 saturated carbocycles. The molecule has 0 saturated heterocycles. The van der Waals surface area contributed by atoms with Crippen LogP contribution in [0, 0.1) is 0 Å². The van der Waals surface area contributed by atoms with Crippen LogP contribution >= 0.6 is 0 Å². The molecule has 1 aliphatic heterocycles. The molecule has 0 spiro atoms. The van der Waals surface area contributed by atoms with E-state index < -0.39 is 10.0 Å². The lowest BCUT2D eigenvalue weighted by atomic mass is 10.0. The maximum absolute atomic E-state index is 12.9. The maximum atomic E-state index is 12.9. The molecule has 0 bridgehead atoms. The van der Waals surface area contributed by atoms with E-state index in [1.807, 2.05) is 61.5 Å². The van der Waals surface area contributed by atoms with Crippen LogP contribution in [0.4, 0.5) is 22.7 Å². The molecule has 1 aliphatic rings. The fourth-order valence-corrected chi connectivity index (χ4v) is 4.92. The monoisotopic (exact) mass is 464 g/mol. The number of nitrogens with one attached hydrogen (secondary N) is 1. The molecule has 7 nitrogen and oxygen atoms in total. The van der Waals surface area contributed by atoms with Crippen molar-refractivity contribution in [3.63, 3.8) is 0 Å². The Kier molecular flexibility index (Phi) is 6.14. The van der Waals surface area contributed by atoms with Gasteiger partial charge in [-0.2, -0.15) is 0 Å². The first-order chi connectivity index (χ1) is 15.7. The highest BCUT2D eigenvalue weighted by Gasteiger charge is 2.33. The Morgan fingerprint density at radius 3 is 2.30 bits per heavy atom. The first-order valence-electron chi connectivity index (χ1n) is 10.7. The van der Waals surface area contributed by atoms with Crippen LogP contribution in [0.15, 0.2) is 77.7 Å². The van der Waals surface area contributed by atoms with E-state index in [0.717, 1.165) is 22.6 Å². The van der Waals surface area contributed by atoms with Crippen molar-refractivity contribution in [1.82, 2.24) is 4.31 Å². The number of carbonyl (C=O) groups is 1. The van der Waals surface area contributed by atoms with E-state index in [4.69, 9.17) is 0 Å². The second kappa shape index (κ2) is 8.88. The summed E-state index contributed by atoms with van der Waals surface area (Å²) in [4.78, 5) is 16.9. The highest BCUT2D eigenvalue weighted by atomic mass is 32.2. The van der Waals surface area contributed by atoms with E-state index in [1.165, 1.54) is 18.4 Å². The average Bonchev–Trinajstić information content (AvgIpc) is 2.81. The van der Waals surface area contributed by atoms with Crippen LogP contribution in [0.25, 0.3) is 0 Å². The Labute approximate surface area is 195 Å². The molecule has 3 aromatic rings. The van der Waals surface area contributed by atoms with Gasteiger partial charge in [0.15, 0.2) is 0 Å². The number of fused-ring (bicyclic) bond motifs is 1. The number of likely N-dealkylation sites (N-methyl/N-ethyl adjacent to an activating group) is 1. The minimum atomic E-state index is -3.53. The number of rotatable bonds is 6. The second-order valence-electron chi connectivity index (χ2n) is 8.33. The van der Waals surface area contributed by atoms with E-state index in [0.29, 0.717) is 12.2 Å². The molecular weight excluding hydrogens is 436 g/mol. The van der Waals surface area contributed by atoms with Gasteiger partial charge in [0.1, 0.15) is 6.04 Å². The van der Waals surface area contributed by atoms with Crippen molar-refractivity contribution < 1.29 is 13.2 Å². The number of amides is 1. The summed E-state index contributed by atoms with van der Waals surface area (Å²) in [6.07, 6.45) is 0. The number of sulfonamides is 1. The minimum Gasteiger partial charge on any atom is -0.355 e. The lowest BCUT2D eigenvalue weighted by Gasteiger charge is -2.40. The van der Waals surface area contributed by atoms with Crippen LogP contribution in [0.1, 0.15) is 12.5 Å². The van der Waals surface area contributed by atoms with Crippen LogP contribution in [-0.2, 0) is 21.4 Å². The number of hydrogen-bond donors (Lipinski definition) is 1. The molecule has 0 radical (unpaired) electrons. The maximum Gasteiger partial charge on any atom is 0.249 e. The Morgan fingerprint density at radius 1 is 0.909 bits per heavy atom. The molecule has 1 N–H and O–H groups in total. The first-order valence-corrected chi connectivity index (χ1v) is 12.1. The van der Waals surface area contributed by atoms with Crippen LogP contribution in [0.2, 0.25) is 0 Å². The van der Waals surface area contributed by atoms with Gasteiger partial charge in [0.05, 0.1) is 16.3 Å². The van der Waals surface area contributed by atoms with Crippen molar-refractivity contribution in [1.29, 1.82) is 0 Å². The van der Waals surface area contributed by atoms with E-state index >= 15 is 0 Å². The standard InChI is InChI=1S/C25H28N4O3S/c1-18-25(30)28(4)23-14-13-21(16-24(23)29(18)17-19-9-6-5-7-10-19)26-20-11-8-12-22(15-20)33(31,32)27(2)3/h5-16,18,26H,17H2,1-4H3/t18-/m1/s1. The summed E-state index contributed by atoms with van der Waals surface area (Å²) in [5, 5.41) is 3.32. The molecule has 0 unspecified atom stereocenters. The smallest absolute Gasteiger partial charge is 0.249 e. The van der Waals surface area contributed by atoms with Crippen LogP contribution < -0.4 is 15.1 Å². The molecule has 1 amide bonds. The third-order valence-corrected chi connectivity index (χ3v) is 7.71. The van der Waals surface area contributed by atoms with E-state index in [-0.39, 0.29) is 16.8 Å². The van der Waals surface area contributed by atoms with Gasteiger partial charge in [-0.25, -0.2) is 12.7 Å². The summed E-state index contributed by atoms with van der Waals surface area (Å²) in [7, 11) is 1.29. The molecule has 4 rings (SSSR count). The van der Waals surface area contributed by atoms with Crippen molar-refractivity contribution in [2.45, 2.75) is 24.4 Å². The number of nitrogens with zero attached hydrogens (tertiary/aromatic N) is 3. The fraction of sp³-hybridized carbons (Fsp3) is 0.240. The number of benzene rings is 3. The van der Waals surface area contributed by atoms with Crippen molar-refractivity contribution in [3.8, 4) is 0 Å². The van der Waals surface area contributed by atoms with Gasteiger partial charge in [-0.15, -0.1) is 0 Å². The number of carbonyl (C=O) groups excluding carboxylic acids is 1. The highest BCUT2D eigenvalue weighted by molar-refractivity contribution is 7.89. The highest BCUT2D eigenvalue weighted by Crippen LogP contribution is 2.39. The van der Waals surface area contributed by atoms with E-state index in [2.05, 4.69) is 10.2 Å². The Hall–Kier alpha value is -3.36. The molecule has 8 heteroatoms. The fourth-order valence-electron chi connectivity index (χ4n) is 3.97. The predicted octanol–water partition coefficient (Wildman–Crippen LogP) is 4.05. The number of hydrogen-bond acceptors (Lipinski definition) is 5. The van der Waals surface area contributed by atoms with Crippen LogP contribution in [0.3, 0.4) is 0 Å². The van der Waals surface area contributed by atoms with E-state index in [9.17, 15) is 13.2 Å². The SMILES string of the molecule is C[C@@H]1C(=O)N(C)c2ccc(Nc3cccc(S(=O)(=O)N(C)C)c3)cc2N1Cc1ccccc1. The molecule has 1 heterocycles.